The number of para-hydroxylation sites is 3. The largest absolute Gasteiger partial charge is 0.456 e. The van der Waals surface area contributed by atoms with E-state index in [4.69, 9.17) is 28.2 Å². The Balaban J connectivity index is 1.06. The molecule has 0 fully saturated rings. The zero-order valence-electron chi connectivity index (χ0n) is 30.2. The van der Waals surface area contributed by atoms with Crippen molar-refractivity contribution in [3.05, 3.63) is 170 Å². The van der Waals surface area contributed by atoms with Crippen LogP contribution in [0.3, 0.4) is 0 Å². The van der Waals surface area contributed by atoms with E-state index in [0.717, 1.165) is 99.2 Å². The van der Waals surface area contributed by atoms with E-state index in [1.165, 1.54) is 0 Å². The quantitative estimate of drug-likeness (QED) is 0.174. The van der Waals surface area contributed by atoms with Crippen molar-refractivity contribution >= 4 is 65.8 Å². The fraction of sp³-hybridized carbons (Fsp3) is 0. The molecule has 0 spiro atoms. The van der Waals surface area contributed by atoms with Crippen LogP contribution in [0.2, 0.25) is 0 Å². The first-order valence-corrected chi connectivity index (χ1v) is 18.8. The summed E-state index contributed by atoms with van der Waals surface area (Å²) in [5, 5.41) is 6.27. The molecule has 5 aromatic heterocycles. The molecule has 0 bridgehead atoms. The maximum atomic E-state index is 6.74. The van der Waals surface area contributed by atoms with Gasteiger partial charge in [-0.2, -0.15) is 0 Å². The van der Waals surface area contributed by atoms with Crippen molar-refractivity contribution in [3.63, 3.8) is 0 Å². The molecular weight excluding hydrogens is 705 g/mol. The van der Waals surface area contributed by atoms with Gasteiger partial charge in [0.1, 0.15) is 33.5 Å². The Morgan fingerprint density at radius 1 is 0.333 bits per heavy atom. The maximum absolute atomic E-state index is 6.74. The molecular formula is C50H28N4O3. The van der Waals surface area contributed by atoms with E-state index >= 15 is 0 Å². The lowest BCUT2D eigenvalue weighted by Crippen LogP contribution is -2.00. The summed E-state index contributed by atoms with van der Waals surface area (Å²) >= 11 is 0. The number of aromatic nitrogens is 4. The minimum Gasteiger partial charge on any atom is -0.456 e. The number of hydrogen-bond donors (Lipinski definition) is 0. The number of rotatable bonds is 5. The molecule has 0 atom stereocenters. The topological polar surface area (TPSA) is 91.0 Å². The molecule has 0 N–H and O–H groups in total. The van der Waals surface area contributed by atoms with Crippen molar-refractivity contribution in [3.8, 4) is 56.4 Å². The van der Waals surface area contributed by atoms with Crippen LogP contribution in [0.5, 0.6) is 0 Å². The van der Waals surface area contributed by atoms with E-state index in [2.05, 4.69) is 71.7 Å². The molecule has 12 aromatic rings. The minimum atomic E-state index is 0.499. The van der Waals surface area contributed by atoms with Gasteiger partial charge in [0.25, 0.3) is 0 Å². The van der Waals surface area contributed by atoms with Crippen molar-refractivity contribution < 1.29 is 13.3 Å². The first kappa shape index (κ1) is 31.5. The highest BCUT2D eigenvalue weighted by molar-refractivity contribution is 6.17. The molecule has 0 aliphatic rings. The molecule has 7 nitrogen and oxygen atoms in total. The van der Waals surface area contributed by atoms with Crippen LogP contribution in [-0.2, 0) is 0 Å². The van der Waals surface area contributed by atoms with Crippen molar-refractivity contribution in [2.45, 2.75) is 0 Å². The third-order valence-corrected chi connectivity index (χ3v) is 10.9. The minimum absolute atomic E-state index is 0.499. The first-order valence-electron chi connectivity index (χ1n) is 18.8. The van der Waals surface area contributed by atoms with Gasteiger partial charge in [-0.25, -0.2) is 15.0 Å². The molecule has 5 heterocycles. The van der Waals surface area contributed by atoms with Gasteiger partial charge in [-0.15, -0.1) is 0 Å². The summed E-state index contributed by atoms with van der Waals surface area (Å²) in [6.45, 7) is 0. The number of nitrogens with zero attached hydrogens (tertiary/aromatic N) is 4. The normalized spacial score (nSPS) is 11.9. The van der Waals surface area contributed by atoms with Gasteiger partial charge in [-0.1, -0.05) is 103 Å². The second-order valence-corrected chi connectivity index (χ2v) is 14.2. The Bertz CT molecular complexity index is 3530. The van der Waals surface area contributed by atoms with Crippen LogP contribution >= 0.6 is 0 Å². The summed E-state index contributed by atoms with van der Waals surface area (Å²) in [6.07, 6.45) is 3.64. The number of hydrogen-bond acceptors (Lipinski definition) is 7. The summed E-state index contributed by atoms with van der Waals surface area (Å²) in [5.41, 5.74) is 11.3. The van der Waals surface area contributed by atoms with Crippen molar-refractivity contribution in [2.24, 2.45) is 0 Å². The molecule has 0 saturated heterocycles. The molecule has 0 radical (unpaired) electrons. The monoisotopic (exact) mass is 732 g/mol. The summed E-state index contributed by atoms with van der Waals surface area (Å²) in [6, 6.07) is 53.3. The predicted molar refractivity (Wildman–Crippen MR) is 227 cm³/mol. The van der Waals surface area contributed by atoms with E-state index in [1.807, 2.05) is 97.2 Å². The molecule has 0 unspecified atom stereocenters. The molecule has 7 heteroatoms. The van der Waals surface area contributed by atoms with Gasteiger partial charge >= 0.3 is 0 Å². The maximum Gasteiger partial charge on any atom is 0.167 e. The van der Waals surface area contributed by atoms with Gasteiger partial charge < -0.3 is 13.3 Å². The first-order chi connectivity index (χ1) is 28.2. The number of pyridine rings is 1. The van der Waals surface area contributed by atoms with Crippen LogP contribution in [0.1, 0.15) is 0 Å². The van der Waals surface area contributed by atoms with Crippen molar-refractivity contribution in [1.82, 2.24) is 19.9 Å². The summed E-state index contributed by atoms with van der Waals surface area (Å²) < 4.78 is 19.3. The molecule has 0 aliphatic heterocycles. The van der Waals surface area contributed by atoms with Crippen LogP contribution in [0.15, 0.2) is 183 Å². The average Bonchev–Trinajstić information content (AvgIpc) is 3.97. The zero-order valence-corrected chi connectivity index (χ0v) is 30.2. The molecule has 0 saturated carbocycles. The molecule has 266 valence electrons. The zero-order chi connectivity index (χ0) is 37.5. The van der Waals surface area contributed by atoms with Crippen LogP contribution in [-0.4, -0.2) is 19.9 Å². The Kier molecular flexibility index (Phi) is 6.79. The Hall–Kier alpha value is -7.90. The number of fused-ring (bicyclic) bond motifs is 9. The highest BCUT2D eigenvalue weighted by atomic mass is 16.3. The average molecular weight is 733 g/mol. The van der Waals surface area contributed by atoms with Crippen LogP contribution in [0.4, 0.5) is 0 Å². The van der Waals surface area contributed by atoms with Crippen molar-refractivity contribution in [1.29, 1.82) is 0 Å². The second-order valence-electron chi connectivity index (χ2n) is 14.2. The Morgan fingerprint density at radius 3 is 1.54 bits per heavy atom. The third kappa shape index (κ3) is 5.06. The second kappa shape index (κ2) is 12.3. The predicted octanol–water partition coefficient (Wildman–Crippen LogP) is 13.3. The highest BCUT2D eigenvalue weighted by Crippen LogP contribution is 2.43. The van der Waals surface area contributed by atoms with Gasteiger partial charge in [0.2, 0.25) is 0 Å². The van der Waals surface area contributed by atoms with Gasteiger partial charge in [0, 0.05) is 55.8 Å². The molecule has 12 rings (SSSR count). The van der Waals surface area contributed by atoms with Gasteiger partial charge in [0.15, 0.2) is 17.5 Å². The Labute approximate surface area is 324 Å². The SMILES string of the molecule is c1cncc(-c2ccc(-c3nc(-c4ccc5c(c4)oc4ccccc45)nc(-c4ccc(-c5ccc6c(c5)oc5ccccc56)c5c4oc4ccccc45)n3)cc2)c1. The van der Waals surface area contributed by atoms with Gasteiger partial charge in [-0.3, -0.25) is 4.98 Å². The molecule has 7 aromatic carbocycles. The summed E-state index contributed by atoms with van der Waals surface area (Å²) in [4.78, 5) is 19.7. The number of benzene rings is 7. The van der Waals surface area contributed by atoms with Crippen molar-refractivity contribution in [2.75, 3.05) is 0 Å². The fourth-order valence-corrected chi connectivity index (χ4v) is 8.10. The van der Waals surface area contributed by atoms with E-state index in [1.54, 1.807) is 6.20 Å². The summed E-state index contributed by atoms with van der Waals surface area (Å²) in [5.74, 6) is 1.57. The lowest BCUT2D eigenvalue weighted by molar-refractivity contribution is 0.668. The lowest BCUT2D eigenvalue weighted by Gasteiger charge is -2.11. The van der Waals surface area contributed by atoms with Crippen LogP contribution in [0.25, 0.3) is 122 Å². The lowest BCUT2D eigenvalue weighted by atomic mass is 9.96. The molecule has 0 aliphatic carbocycles. The van der Waals surface area contributed by atoms with E-state index in [9.17, 15) is 0 Å². The fourth-order valence-electron chi connectivity index (χ4n) is 8.10. The van der Waals surface area contributed by atoms with Gasteiger partial charge in [0.05, 0.1) is 5.56 Å². The van der Waals surface area contributed by atoms with E-state index in [0.29, 0.717) is 23.1 Å². The molecule has 0 amide bonds. The molecule has 57 heavy (non-hydrogen) atoms. The number of furan rings is 3. The van der Waals surface area contributed by atoms with E-state index < -0.39 is 0 Å². The van der Waals surface area contributed by atoms with Gasteiger partial charge in [-0.05, 0) is 76.9 Å². The summed E-state index contributed by atoms with van der Waals surface area (Å²) in [7, 11) is 0. The third-order valence-electron chi connectivity index (χ3n) is 10.9. The van der Waals surface area contributed by atoms with E-state index in [-0.39, 0.29) is 0 Å². The standard InChI is InChI=1S/C50H28N4O3/c1-4-12-41-35(9-1)37-21-19-31(26-44(37)55-41)34-23-24-40(47-46(34)39-11-3-6-14-43(39)57-47)50-53-48(30-17-15-29(16-18-30)33-8-7-25-51-28-33)52-49(54-50)32-20-22-38-36-10-2-5-13-42(36)56-45(38)27-32/h1-28H. The highest BCUT2D eigenvalue weighted by Gasteiger charge is 2.22. The van der Waals surface area contributed by atoms with Crippen LogP contribution < -0.4 is 0 Å². The smallest absolute Gasteiger partial charge is 0.167 e. The Morgan fingerprint density at radius 2 is 0.860 bits per heavy atom. The van der Waals surface area contributed by atoms with Crippen LogP contribution in [0, 0.1) is 0 Å².